The Morgan fingerprint density at radius 3 is 2.47 bits per heavy atom. The van der Waals surface area contributed by atoms with Gasteiger partial charge in [-0.25, -0.2) is 0 Å². The minimum Gasteiger partial charge on any atom is -0.464 e. The summed E-state index contributed by atoms with van der Waals surface area (Å²) in [6, 6.07) is 21.2. The van der Waals surface area contributed by atoms with Crippen molar-refractivity contribution in [3.63, 3.8) is 0 Å². The first-order valence-corrected chi connectivity index (χ1v) is 11.1. The lowest BCUT2D eigenvalue weighted by Gasteiger charge is -2.44. The Morgan fingerprint density at radius 1 is 0.967 bits per heavy atom. The fourth-order valence-electron chi connectivity index (χ4n) is 5.76. The Kier molecular flexibility index (Phi) is 4.21. The van der Waals surface area contributed by atoms with Gasteiger partial charge in [-0.05, 0) is 60.2 Å². The highest BCUT2D eigenvalue weighted by Gasteiger charge is 2.48. The van der Waals surface area contributed by atoms with E-state index in [2.05, 4.69) is 41.3 Å². The van der Waals surface area contributed by atoms with Gasteiger partial charge in [0.15, 0.2) is 0 Å². The maximum Gasteiger partial charge on any atom is 0.134 e. The third kappa shape index (κ3) is 2.88. The molecule has 1 aromatic heterocycles. The van der Waals surface area contributed by atoms with Crippen LogP contribution in [-0.4, -0.2) is 22.1 Å². The van der Waals surface area contributed by atoms with Gasteiger partial charge < -0.3 is 9.52 Å². The fraction of sp³-hybridized carbons (Fsp3) is 0.308. The molecule has 4 aromatic rings. The standard InChI is InChI=1S/C26H24ClNO2/c27-20-8-6-19(7-9-20)26(29)13-21-10-11-22(14-26)28(21)15-18-16-30-24-12-5-17-3-1-2-4-23(17)25(18)24/h1-9,12,16,21-22,29H,10-11,13-15H2/t21-,22+,26?. The Hall–Kier alpha value is -2.33. The van der Waals surface area contributed by atoms with Crippen LogP contribution in [0.5, 0.6) is 0 Å². The Bertz CT molecular complexity index is 1210. The van der Waals surface area contributed by atoms with E-state index in [9.17, 15) is 5.11 Å². The van der Waals surface area contributed by atoms with Crippen molar-refractivity contribution in [3.8, 4) is 0 Å². The van der Waals surface area contributed by atoms with Gasteiger partial charge in [0.2, 0.25) is 0 Å². The summed E-state index contributed by atoms with van der Waals surface area (Å²) in [5, 5.41) is 15.9. The van der Waals surface area contributed by atoms with Crippen molar-refractivity contribution in [2.24, 2.45) is 0 Å². The lowest BCUT2D eigenvalue weighted by molar-refractivity contribution is -0.0594. The lowest BCUT2D eigenvalue weighted by atomic mass is 9.80. The van der Waals surface area contributed by atoms with Crippen LogP contribution in [0.2, 0.25) is 5.02 Å². The summed E-state index contributed by atoms with van der Waals surface area (Å²) < 4.78 is 5.92. The molecule has 2 aliphatic heterocycles. The number of hydrogen-bond acceptors (Lipinski definition) is 3. The van der Waals surface area contributed by atoms with E-state index >= 15 is 0 Å². The molecule has 3 heterocycles. The van der Waals surface area contributed by atoms with Crippen LogP contribution < -0.4 is 0 Å². The normalized spacial score (nSPS) is 26.6. The molecule has 0 radical (unpaired) electrons. The zero-order valence-corrected chi connectivity index (χ0v) is 17.5. The number of benzene rings is 3. The highest BCUT2D eigenvalue weighted by molar-refractivity contribution is 6.30. The van der Waals surface area contributed by atoms with Crippen LogP contribution >= 0.6 is 11.6 Å². The van der Waals surface area contributed by atoms with Crippen LogP contribution in [0.4, 0.5) is 0 Å². The molecule has 3 atom stereocenters. The molecule has 2 saturated heterocycles. The molecular formula is C26H24ClNO2. The summed E-state index contributed by atoms with van der Waals surface area (Å²) in [6.45, 7) is 0.868. The average molecular weight is 418 g/mol. The minimum absolute atomic E-state index is 0.379. The molecule has 1 N–H and O–H groups in total. The molecule has 3 aromatic carbocycles. The summed E-state index contributed by atoms with van der Waals surface area (Å²) in [5.74, 6) is 0. The highest BCUT2D eigenvalue weighted by atomic mass is 35.5. The number of aliphatic hydroxyl groups is 1. The van der Waals surface area contributed by atoms with Gasteiger partial charge in [0, 0.05) is 34.6 Å². The van der Waals surface area contributed by atoms with Crippen molar-refractivity contribution >= 4 is 33.3 Å². The van der Waals surface area contributed by atoms with Crippen LogP contribution in [0.3, 0.4) is 0 Å². The number of fused-ring (bicyclic) bond motifs is 5. The molecule has 6 rings (SSSR count). The maximum absolute atomic E-state index is 11.5. The van der Waals surface area contributed by atoms with Gasteiger partial charge in [0.1, 0.15) is 5.58 Å². The smallest absolute Gasteiger partial charge is 0.134 e. The first-order valence-electron chi connectivity index (χ1n) is 10.7. The average Bonchev–Trinajstić information content (AvgIpc) is 3.28. The van der Waals surface area contributed by atoms with Crippen LogP contribution in [0.25, 0.3) is 21.7 Å². The van der Waals surface area contributed by atoms with E-state index in [1.165, 1.54) is 21.7 Å². The van der Waals surface area contributed by atoms with Crippen molar-refractivity contribution in [2.75, 3.05) is 0 Å². The minimum atomic E-state index is -0.766. The van der Waals surface area contributed by atoms with Crippen molar-refractivity contribution in [1.82, 2.24) is 4.90 Å². The number of rotatable bonds is 3. The molecular weight excluding hydrogens is 394 g/mol. The van der Waals surface area contributed by atoms with Crippen molar-refractivity contribution < 1.29 is 9.52 Å². The molecule has 4 heteroatoms. The van der Waals surface area contributed by atoms with Crippen molar-refractivity contribution in [3.05, 3.63) is 83.1 Å². The fourth-order valence-corrected chi connectivity index (χ4v) is 5.88. The van der Waals surface area contributed by atoms with Crippen LogP contribution in [0.1, 0.15) is 36.8 Å². The lowest BCUT2D eigenvalue weighted by Crippen LogP contribution is -2.49. The molecule has 0 spiro atoms. The number of halogens is 1. The molecule has 0 amide bonds. The number of piperidine rings is 1. The van der Waals surface area contributed by atoms with Gasteiger partial charge in [0.25, 0.3) is 0 Å². The predicted octanol–water partition coefficient (Wildman–Crippen LogP) is 6.25. The van der Waals surface area contributed by atoms with E-state index in [0.29, 0.717) is 17.1 Å². The van der Waals surface area contributed by atoms with E-state index in [-0.39, 0.29) is 0 Å². The zero-order chi connectivity index (χ0) is 20.3. The summed E-state index contributed by atoms with van der Waals surface area (Å²) in [6.07, 6.45) is 5.73. The molecule has 2 fully saturated rings. The summed E-state index contributed by atoms with van der Waals surface area (Å²) in [7, 11) is 0. The molecule has 1 unspecified atom stereocenters. The summed E-state index contributed by atoms with van der Waals surface area (Å²) in [5.41, 5.74) is 2.42. The Balaban J connectivity index is 1.32. The molecule has 2 aliphatic rings. The van der Waals surface area contributed by atoms with E-state index < -0.39 is 5.60 Å². The summed E-state index contributed by atoms with van der Waals surface area (Å²) >= 11 is 6.06. The number of hydrogen-bond donors (Lipinski definition) is 1. The predicted molar refractivity (Wildman–Crippen MR) is 121 cm³/mol. The topological polar surface area (TPSA) is 36.6 Å². The summed E-state index contributed by atoms with van der Waals surface area (Å²) in [4.78, 5) is 2.59. The second-order valence-electron chi connectivity index (χ2n) is 8.92. The van der Waals surface area contributed by atoms with Crippen LogP contribution in [0, 0.1) is 0 Å². The van der Waals surface area contributed by atoms with Gasteiger partial charge in [-0.1, -0.05) is 54.1 Å². The van der Waals surface area contributed by atoms with E-state index in [4.69, 9.17) is 16.0 Å². The van der Waals surface area contributed by atoms with Gasteiger partial charge in [-0.3, -0.25) is 4.90 Å². The maximum atomic E-state index is 11.5. The highest BCUT2D eigenvalue weighted by Crippen LogP contribution is 2.47. The van der Waals surface area contributed by atoms with Crippen molar-refractivity contribution in [2.45, 2.75) is 49.9 Å². The third-order valence-corrected chi connectivity index (χ3v) is 7.44. The van der Waals surface area contributed by atoms with Crippen LogP contribution in [0.15, 0.2) is 71.3 Å². The van der Waals surface area contributed by atoms with E-state index in [0.717, 1.165) is 43.4 Å². The Labute approximate surface area is 180 Å². The molecule has 152 valence electrons. The molecule has 0 saturated carbocycles. The molecule has 2 bridgehead atoms. The van der Waals surface area contributed by atoms with Crippen molar-refractivity contribution in [1.29, 1.82) is 0 Å². The number of furan rings is 1. The zero-order valence-electron chi connectivity index (χ0n) is 16.7. The second-order valence-corrected chi connectivity index (χ2v) is 9.36. The monoisotopic (exact) mass is 417 g/mol. The first kappa shape index (κ1) is 18.4. The van der Waals surface area contributed by atoms with Gasteiger partial charge in [0.05, 0.1) is 11.9 Å². The molecule has 3 nitrogen and oxygen atoms in total. The van der Waals surface area contributed by atoms with E-state index in [1.54, 1.807) is 0 Å². The van der Waals surface area contributed by atoms with E-state index in [1.807, 2.05) is 30.5 Å². The second kappa shape index (κ2) is 6.84. The molecule has 0 aliphatic carbocycles. The number of nitrogens with zero attached hydrogens (tertiary/aromatic N) is 1. The van der Waals surface area contributed by atoms with Gasteiger partial charge in [-0.2, -0.15) is 0 Å². The van der Waals surface area contributed by atoms with Gasteiger partial charge >= 0.3 is 0 Å². The Morgan fingerprint density at radius 2 is 1.70 bits per heavy atom. The SMILES string of the molecule is OC1(c2ccc(Cl)cc2)C[C@H]2CC[C@@H](C1)N2Cc1coc2ccc3ccccc3c12. The van der Waals surface area contributed by atoms with Crippen LogP contribution in [-0.2, 0) is 12.1 Å². The first-order chi connectivity index (χ1) is 14.6. The largest absolute Gasteiger partial charge is 0.464 e. The quantitative estimate of drug-likeness (QED) is 0.427. The third-order valence-electron chi connectivity index (χ3n) is 7.19. The molecule has 30 heavy (non-hydrogen) atoms. The van der Waals surface area contributed by atoms with Gasteiger partial charge in [-0.15, -0.1) is 0 Å².